The van der Waals surface area contributed by atoms with Gasteiger partial charge in [0.1, 0.15) is 11.6 Å². The van der Waals surface area contributed by atoms with E-state index in [4.69, 9.17) is 17.2 Å². The molecule has 2 aliphatic rings. The van der Waals surface area contributed by atoms with Gasteiger partial charge in [-0.2, -0.15) is 0 Å². The second kappa shape index (κ2) is 7.94. The van der Waals surface area contributed by atoms with Gasteiger partial charge in [0, 0.05) is 48.8 Å². The van der Waals surface area contributed by atoms with E-state index in [2.05, 4.69) is 19.8 Å². The second-order valence-electron chi connectivity index (χ2n) is 7.59. The van der Waals surface area contributed by atoms with Gasteiger partial charge in [0.15, 0.2) is 6.29 Å². The summed E-state index contributed by atoms with van der Waals surface area (Å²) in [6.45, 7) is 1.38. The summed E-state index contributed by atoms with van der Waals surface area (Å²) in [7, 11) is 0. The third-order valence-corrected chi connectivity index (χ3v) is 5.65. The highest BCUT2D eigenvalue weighted by molar-refractivity contribution is 5.73. The number of phenolic OH excluding ortho intramolecular Hbond substituents is 1. The quantitative estimate of drug-likeness (QED) is 0.416. The van der Waals surface area contributed by atoms with Crippen LogP contribution in [0.15, 0.2) is 54.3 Å². The standard InChI is InChI=1S/C21H25N7O2/c22-17(16-3-1-2-4-19(16)30)7-18(20(23)24)27-10-14-5-6-15(11-27)28(14)21-25-8-13(12-29)9-26-21/h1-4,7-9,12,14-15,30H,5-6,10-11,22-24H2/b17-7-. The van der Waals surface area contributed by atoms with E-state index in [1.807, 2.05) is 0 Å². The van der Waals surface area contributed by atoms with E-state index >= 15 is 0 Å². The van der Waals surface area contributed by atoms with E-state index in [1.54, 1.807) is 42.7 Å². The minimum Gasteiger partial charge on any atom is -0.507 e. The molecule has 2 aliphatic heterocycles. The molecule has 0 saturated carbocycles. The van der Waals surface area contributed by atoms with E-state index in [0.29, 0.717) is 41.6 Å². The second-order valence-corrected chi connectivity index (χ2v) is 7.59. The average Bonchev–Trinajstić information content (AvgIpc) is 3.01. The van der Waals surface area contributed by atoms with Crippen molar-refractivity contribution in [1.29, 1.82) is 0 Å². The van der Waals surface area contributed by atoms with Crippen molar-refractivity contribution in [2.75, 3.05) is 18.0 Å². The van der Waals surface area contributed by atoms with Crippen LogP contribution in [-0.4, -0.2) is 51.4 Å². The van der Waals surface area contributed by atoms with E-state index in [0.717, 1.165) is 19.1 Å². The fraction of sp³-hybridized carbons (Fsp3) is 0.286. The lowest BCUT2D eigenvalue weighted by Gasteiger charge is -2.42. The van der Waals surface area contributed by atoms with Crippen molar-refractivity contribution in [2.24, 2.45) is 17.2 Å². The number of piperazine rings is 1. The number of carbonyl (C=O) groups is 1. The smallest absolute Gasteiger partial charge is 0.225 e. The third kappa shape index (κ3) is 3.61. The fourth-order valence-corrected chi connectivity index (χ4v) is 4.25. The van der Waals surface area contributed by atoms with Crippen LogP contribution in [0.2, 0.25) is 0 Å². The van der Waals surface area contributed by atoms with Crippen LogP contribution in [0.25, 0.3) is 5.70 Å². The van der Waals surface area contributed by atoms with E-state index < -0.39 is 0 Å². The first-order chi connectivity index (χ1) is 14.5. The Kier molecular flexibility index (Phi) is 5.18. The maximum absolute atomic E-state index is 10.9. The van der Waals surface area contributed by atoms with Crippen LogP contribution in [0.4, 0.5) is 5.95 Å². The molecule has 2 fully saturated rings. The van der Waals surface area contributed by atoms with Gasteiger partial charge in [-0.05, 0) is 31.1 Å². The molecule has 9 nitrogen and oxygen atoms in total. The first-order valence-electron chi connectivity index (χ1n) is 9.79. The summed E-state index contributed by atoms with van der Waals surface area (Å²) in [6, 6.07) is 7.26. The molecule has 1 aromatic carbocycles. The number of phenols is 1. The van der Waals surface area contributed by atoms with Gasteiger partial charge in [-0.3, -0.25) is 4.79 Å². The molecule has 2 atom stereocenters. The van der Waals surface area contributed by atoms with Gasteiger partial charge in [-0.25, -0.2) is 9.97 Å². The van der Waals surface area contributed by atoms with Crippen LogP contribution < -0.4 is 22.1 Å². The number of aromatic nitrogens is 2. The predicted octanol–water partition coefficient (Wildman–Crippen LogP) is 0.734. The highest BCUT2D eigenvalue weighted by Gasteiger charge is 2.41. The summed E-state index contributed by atoms with van der Waals surface area (Å²) in [5.74, 6) is 0.901. The lowest BCUT2D eigenvalue weighted by Crippen LogP contribution is -2.54. The number of hydrogen-bond donors (Lipinski definition) is 4. The number of rotatable bonds is 5. The van der Waals surface area contributed by atoms with E-state index in [1.165, 1.54) is 0 Å². The molecule has 2 unspecified atom stereocenters. The lowest BCUT2D eigenvalue weighted by molar-refractivity contribution is 0.112. The first kappa shape index (κ1) is 19.6. The van der Waals surface area contributed by atoms with Crippen LogP contribution >= 0.6 is 0 Å². The fourth-order valence-electron chi connectivity index (χ4n) is 4.25. The minimum atomic E-state index is 0.0991. The molecular weight excluding hydrogens is 382 g/mol. The number of benzene rings is 1. The zero-order valence-electron chi connectivity index (χ0n) is 16.5. The average molecular weight is 407 g/mol. The van der Waals surface area contributed by atoms with Crippen LogP contribution in [-0.2, 0) is 0 Å². The summed E-state index contributed by atoms with van der Waals surface area (Å²) >= 11 is 0. The Labute approximate surface area is 174 Å². The van der Waals surface area contributed by atoms with Crippen molar-refractivity contribution < 1.29 is 9.90 Å². The number of carbonyl (C=O) groups excluding carboxylic acids is 1. The normalized spacial score (nSPS) is 20.9. The first-order valence-corrected chi connectivity index (χ1v) is 9.79. The Balaban J connectivity index is 1.57. The molecule has 0 amide bonds. The Morgan fingerprint density at radius 1 is 1.07 bits per heavy atom. The number of allylic oxidation sites excluding steroid dienone is 1. The zero-order chi connectivity index (χ0) is 21.3. The minimum absolute atomic E-state index is 0.0991. The number of nitrogens with two attached hydrogens (primary N) is 3. The van der Waals surface area contributed by atoms with Gasteiger partial charge < -0.3 is 32.1 Å². The molecule has 4 rings (SSSR count). The van der Waals surface area contributed by atoms with Gasteiger partial charge >= 0.3 is 0 Å². The molecule has 7 N–H and O–H groups in total. The number of fused-ring (bicyclic) bond motifs is 2. The highest BCUT2D eigenvalue weighted by atomic mass is 16.3. The molecule has 2 bridgehead atoms. The number of hydrogen-bond acceptors (Lipinski definition) is 9. The van der Waals surface area contributed by atoms with Crippen LogP contribution in [0, 0.1) is 0 Å². The Morgan fingerprint density at radius 3 is 2.27 bits per heavy atom. The van der Waals surface area contributed by atoms with Gasteiger partial charge in [-0.15, -0.1) is 0 Å². The lowest BCUT2D eigenvalue weighted by atomic mass is 10.1. The number of likely N-dealkylation sites (tertiary alicyclic amines) is 1. The molecule has 0 spiro atoms. The summed E-state index contributed by atoms with van der Waals surface area (Å²) < 4.78 is 0. The number of aldehydes is 1. The maximum atomic E-state index is 10.9. The molecule has 30 heavy (non-hydrogen) atoms. The van der Waals surface area contributed by atoms with Gasteiger partial charge in [-0.1, -0.05) is 12.1 Å². The van der Waals surface area contributed by atoms with Crippen LogP contribution in [0.3, 0.4) is 0 Å². The monoisotopic (exact) mass is 407 g/mol. The molecule has 0 aliphatic carbocycles. The SMILES string of the molecule is NC(N)=C(/C=C(\N)c1ccccc1O)N1CC2CCC(C1)N2c1ncc(C=O)cn1. The van der Waals surface area contributed by atoms with Gasteiger partial charge in [0.05, 0.1) is 11.3 Å². The van der Waals surface area contributed by atoms with Crippen molar-refractivity contribution in [1.82, 2.24) is 14.9 Å². The summed E-state index contributed by atoms with van der Waals surface area (Å²) in [4.78, 5) is 23.9. The van der Waals surface area contributed by atoms with E-state index in [9.17, 15) is 9.90 Å². The maximum Gasteiger partial charge on any atom is 0.225 e. The third-order valence-electron chi connectivity index (χ3n) is 5.65. The van der Waals surface area contributed by atoms with Gasteiger partial charge in [0.25, 0.3) is 0 Å². The van der Waals surface area contributed by atoms with Crippen LogP contribution in [0.1, 0.15) is 28.8 Å². The predicted molar refractivity (Wildman–Crippen MR) is 114 cm³/mol. The number of para-hydroxylation sites is 1. The molecule has 0 radical (unpaired) electrons. The molecular formula is C21H25N7O2. The van der Waals surface area contributed by atoms with Crippen molar-refractivity contribution in [3.05, 3.63) is 65.4 Å². The summed E-state index contributed by atoms with van der Waals surface area (Å²) in [5, 5.41) is 10.1. The largest absolute Gasteiger partial charge is 0.507 e. The highest BCUT2D eigenvalue weighted by Crippen LogP contribution is 2.35. The zero-order valence-corrected chi connectivity index (χ0v) is 16.5. The van der Waals surface area contributed by atoms with Crippen molar-refractivity contribution in [2.45, 2.75) is 24.9 Å². The molecule has 156 valence electrons. The van der Waals surface area contributed by atoms with Gasteiger partial charge in [0.2, 0.25) is 5.95 Å². The van der Waals surface area contributed by atoms with E-state index in [-0.39, 0.29) is 23.7 Å². The summed E-state index contributed by atoms with van der Waals surface area (Å²) in [6.07, 6.45) is 7.53. The topological polar surface area (TPSA) is 148 Å². The van der Waals surface area contributed by atoms with Crippen LogP contribution in [0.5, 0.6) is 5.75 Å². The number of nitrogens with zero attached hydrogens (tertiary/aromatic N) is 4. The molecule has 3 heterocycles. The Bertz CT molecular complexity index is 985. The number of aromatic hydroxyl groups is 1. The van der Waals surface area contributed by atoms with Crippen molar-refractivity contribution >= 4 is 17.9 Å². The Hall–Kier alpha value is -3.75. The molecule has 2 aromatic rings. The Morgan fingerprint density at radius 2 is 1.70 bits per heavy atom. The van der Waals surface area contributed by atoms with Crippen molar-refractivity contribution in [3.63, 3.8) is 0 Å². The molecule has 1 aromatic heterocycles. The molecule has 9 heteroatoms. The molecule has 2 saturated heterocycles. The van der Waals surface area contributed by atoms with Crippen molar-refractivity contribution in [3.8, 4) is 5.75 Å². The summed E-state index contributed by atoms with van der Waals surface area (Å²) in [5.41, 5.74) is 20.3. The number of anilines is 1.